The average molecular weight is 218 g/mol. The van der Waals surface area contributed by atoms with Gasteiger partial charge in [-0.05, 0) is 0 Å². The van der Waals surface area contributed by atoms with E-state index < -0.39 is 17.2 Å². The van der Waals surface area contributed by atoms with Gasteiger partial charge in [-0.25, -0.2) is 19.7 Å². The van der Waals surface area contributed by atoms with Gasteiger partial charge in [0.15, 0.2) is 0 Å². The lowest BCUT2D eigenvalue weighted by atomic mass is 10.3. The topological polar surface area (TPSA) is 124 Å². The molecule has 0 spiro atoms. The Morgan fingerprint density at radius 3 is 2.43 bits per heavy atom. The average Bonchev–Trinajstić information content (AvgIpc) is 2.17. The maximum atomic E-state index is 10.8. The zero-order valence-electron chi connectivity index (χ0n) is 6.67. The van der Waals surface area contributed by atoms with Gasteiger partial charge < -0.3 is 0 Å². The SMILES string of the molecule is O=C(NO)c1cnc(NS(=O)O)nc1. The molecule has 76 valence electrons. The van der Waals surface area contributed by atoms with Gasteiger partial charge in [0, 0.05) is 12.4 Å². The molecular formula is C5H6N4O4S. The number of hydrogen-bond acceptors (Lipinski definition) is 5. The van der Waals surface area contributed by atoms with Gasteiger partial charge in [-0.1, -0.05) is 0 Å². The number of aromatic nitrogens is 2. The summed E-state index contributed by atoms with van der Waals surface area (Å²) >= 11 is -2.26. The van der Waals surface area contributed by atoms with Crippen LogP contribution in [0, 0.1) is 0 Å². The molecule has 1 aromatic heterocycles. The van der Waals surface area contributed by atoms with Crippen LogP contribution in [0.1, 0.15) is 10.4 Å². The van der Waals surface area contributed by atoms with E-state index in [1.165, 1.54) is 5.48 Å². The summed E-state index contributed by atoms with van der Waals surface area (Å²) in [5.41, 5.74) is 1.42. The van der Waals surface area contributed by atoms with Crippen LogP contribution in [0.4, 0.5) is 5.95 Å². The van der Waals surface area contributed by atoms with Gasteiger partial charge >= 0.3 is 0 Å². The van der Waals surface area contributed by atoms with Gasteiger partial charge in [0.2, 0.25) is 5.95 Å². The number of hydroxylamine groups is 1. The van der Waals surface area contributed by atoms with Crippen molar-refractivity contribution in [3.05, 3.63) is 18.0 Å². The third-order valence-electron chi connectivity index (χ3n) is 1.19. The Hall–Kier alpha value is -1.58. The summed E-state index contributed by atoms with van der Waals surface area (Å²) in [6, 6.07) is 0. The summed E-state index contributed by atoms with van der Waals surface area (Å²) in [6.07, 6.45) is 2.18. The number of nitrogens with one attached hydrogen (secondary N) is 2. The van der Waals surface area contributed by atoms with Crippen molar-refractivity contribution in [2.24, 2.45) is 0 Å². The Morgan fingerprint density at radius 2 is 2.00 bits per heavy atom. The quantitative estimate of drug-likeness (QED) is 0.297. The lowest BCUT2D eigenvalue weighted by molar-refractivity contribution is 0.0705. The fourth-order valence-corrected chi connectivity index (χ4v) is 0.902. The summed E-state index contributed by atoms with van der Waals surface area (Å²) in [4.78, 5) is 17.9. The van der Waals surface area contributed by atoms with E-state index in [-0.39, 0.29) is 11.5 Å². The van der Waals surface area contributed by atoms with E-state index in [0.29, 0.717) is 0 Å². The normalized spacial score (nSPS) is 11.9. The van der Waals surface area contributed by atoms with Crippen LogP contribution in [0.5, 0.6) is 0 Å². The van der Waals surface area contributed by atoms with Crippen molar-refractivity contribution in [2.75, 3.05) is 4.72 Å². The Balaban J connectivity index is 2.78. The van der Waals surface area contributed by atoms with Crippen LogP contribution in [0.2, 0.25) is 0 Å². The smallest absolute Gasteiger partial charge is 0.277 e. The predicted octanol–water partition coefficient (Wildman–Crippen LogP) is -0.856. The first-order chi connectivity index (χ1) is 6.63. The van der Waals surface area contributed by atoms with Gasteiger partial charge in [-0.2, -0.15) is 0 Å². The van der Waals surface area contributed by atoms with E-state index in [0.717, 1.165) is 12.4 Å². The number of carbonyl (C=O) groups is 1. The Bertz CT molecular complexity index is 353. The van der Waals surface area contributed by atoms with Crippen LogP contribution in [0.3, 0.4) is 0 Å². The molecule has 0 fully saturated rings. The number of amides is 1. The molecule has 1 aromatic rings. The van der Waals surface area contributed by atoms with Crippen LogP contribution < -0.4 is 10.2 Å². The first-order valence-corrected chi connectivity index (χ1v) is 4.38. The molecular weight excluding hydrogens is 212 g/mol. The molecule has 0 aromatic carbocycles. The molecule has 1 heterocycles. The number of carbonyl (C=O) groups excluding carboxylic acids is 1. The Kier molecular flexibility index (Phi) is 3.45. The number of rotatable bonds is 3. The van der Waals surface area contributed by atoms with E-state index >= 15 is 0 Å². The minimum atomic E-state index is -2.26. The van der Waals surface area contributed by atoms with Crippen molar-refractivity contribution in [2.45, 2.75) is 0 Å². The number of hydrogen-bond donors (Lipinski definition) is 4. The van der Waals surface area contributed by atoms with Crippen molar-refractivity contribution in [1.82, 2.24) is 15.4 Å². The Labute approximate surface area is 80.8 Å². The molecule has 14 heavy (non-hydrogen) atoms. The van der Waals surface area contributed by atoms with Crippen LogP contribution in [0.25, 0.3) is 0 Å². The van der Waals surface area contributed by atoms with Crippen LogP contribution >= 0.6 is 0 Å². The molecule has 0 aliphatic heterocycles. The predicted molar refractivity (Wildman–Crippen MR) is 45.7 cm³/mol. The standard InChI is InChI=1S/C5H6N4O4S/c10-4(8-11)3-1-6-5(7-2-3)9-14(12)13/h1-2,11H,(H,8,10)(H,12,13)(H,6,7,9). The van der Waals surface area contributed by atoms with Crippen molar-refractivity contribution in [3.8, 4) is 0 Å². The summed E-state index contributed by atoms with van der Waals surface area (Å²) < 4.78 is 20.6. The highest BCUT2D eigenvalue weighted by Gasteiger charge is 2.05. The summed E-state index contributed by atoms with van der Waals surface area (Å²) in [6.45, 7) is 0. The molecule has 9 heteroatoms. The van der Waals surface area contributed by atoms with Crippen molar-refractivity contribution in [3.63, 3.8) is 0 Å². The molecule has 0 saturated carbocycles. The van der Waals surface area contributed by atoms with E-state index in [9.17, 15) is 9.00 Å². The van der Waals surface area contributed by atoms with Gasteiger partial charge in [-0.3, -0.25) is 19.3 Å². The second kappa shape index (κ2) is 4.60. The molecule has 0 aliphatic carbocycles. The Morgan fingerprint density at radius 1 is 1.43 bits per heavy atom. The molecule has 0 radical (unpaired) electrons. The summed E-state index contributed by atoms with van der Waals surface area (Å²) in [5.74, 6) is -0.859. The third-order valence-corrected chi connectivity index (χ3v) is 1.55. The molecule has 1 rings (SSSR count). The summed E-state index contributed by atoms with van der Waals surface area (Å²) in [7, 11) is 0. The number of anilines is 1. The largest absolute Gasteiger partial charge is 0.289 e. The van der Waals surface area contributed by atoms with E-state index in [2.05, 4.69) is 9.97 Å². The molecule has 1 atom stereocenters. The first kappa shape index (κ1) is 10.5. The van der Waals surface area contributed by atoms with Crippen LogP contribution in [-0.2, 0) is 11.3 Å². The highest BCUT2D eigenvalue weighted by molar-refractivity contribution is 7.80. The lowest BCUT2D eigenvalue weighted by Gasteiger charge is -2.00. The van der Waals surface area contributed by atoms with E-state index in [4.69, 9.17) is 9.76 Å². The molecule has 0 saturated heterocycles. The molecule has 0 aliphatic rings. The minimum Gasteiger partial charge on any atom is -0.289 e. The van der Waals surface area contributed by atoms with E-state index in [1.54, 1.807) is 0 Å². The third kappa shape index (κ3) is 2.73. The van der Waals surface area contributed by atoms with Crippen molar-refractivity contribution >= 4 is 23.1 Å². The fourth-order valence-electron chi connectivity index (χ4n) is 0.641. The zero-order chi connectivity index (χ0) is 10.6. The van der Waals surface area contributed by atoms with Crippen molar-refractivity contribution < 1.29 is 18.8 Å². The van der Waals surface area contributed by atoms with Gasteiger partial charge in [0.25, 0.3) is 17.2 Å². The minimum absolute atomic E-state index is 0.0294. The molecule has 1 amide bonds. The molecule has 0 bridgehead atoms. The zero-order valence-corrected chi connectivity index (χ0v) is 7.48. The summed E-state index contributed by atoms with van der Waals surface area (Å²) in [5, 5.41) is 8.24. The van der Waals surface area contributed by atoms with Gasteiger partial charge in [-0.15, -0.1) is 0 Å². The maximum Gasteiger partial charge on any atom is 0.277 e. The van der Waals surface area contributed by atoms with Crippen LogP contribution in [-0.4, -0.2) is 29.8 Å². The second-order valence-electron chi connectivity index (χ2n) is 2.09. The van der Waals surface area contributed by atoms with Gasteiger partial charge in [0.1, 0.15) is 0 Å². The highest BCUT2D eigenvalue weighted by atomic mass is 32.2. The van der Waals surface area contributed by atoms with Crippen molar-refractivity contribution in [1.29, 1.82) is 0 Å². The van der Waals surface area contributed by atoms with Crippen LogP contribution in [0.15, 0.2) is 12.4 Å². The first-order valence-electron chi connectivity index (χ1n) is 3.27. The molecule has 4 N–H and O–H groups in total. The van der Waals surface area contributed by atoms with Gasteiger partial charge in [0.05, 0.1) is 5.56 Å². The number of nitrogens with zero attached hydrogens (tertiary/aromatic N) is 2. The monoisotopic (exact) mass is 218 g/mol. The lowest BCUT2D eigenvalue weighted by Crippen LogP contribution is -2.19. The second-order valence-corrected chi connectivity index (χ2v) is 2.79. The maximum absolute atomic E-state index is 10.8. The molecule has 8 nitrogen and oxygen atoms in total. The highest BCUT2D eigenvalue weighted by Crippen LogP contribution is 2.00. The van der Waals surface area contributed by atoms with E-state index in [1.807, 2.05) is 4.72 Å². The fraction of sp³-hybridized carbons (Fsp3) is 0. The molecule has 1 unspecified atom stereocenters.